The standard InChI is InChI=1S/C18H26N2O/c1-3-18(2)8-10-20(11-9-18)17(21)16-12-14-6-4-5-7-15(14)13-19-16/h4-7,16,19H,3,8-13H2,1-2H3/t16-/m1/s1. The van der Waals surface area contributed by atoms with Gasteiger partial charge >= 0.3 is 0 Å². The van der Waals surface area contributed by atoms with Crippen LogP contribution in [0.3, 0.4) is 0 Å². The first kappa shape index (κ1) is 14.6. The summed E-state index contributed by atoms with van der Waals surface area (Å²) in [6, 6.07) is 8.40. The molecule has 0 unspecified atom stereocenters. The van der Waals surface area contributed by atoms with Crippen LogP contribution in [0.4, 0.5) is 0 Å². The van der Waals surface area contributed by atoms with Crippen LogP contribution >= 0.6 is 0 Å². The van der Waals surface area contributed by atoms with E-state index in [1.165, 1.54) is 17.5 Å². The number of amides is 1. The minimum absolute atomic E-state index is 0.0362. The number of likely N-dealkylation sites (tertiary alicyclic amines) is 1. The Morgan fingerprint density at radius 2 is 1.95 bits per heavy atom. The number of fused-ring (bicyclic) bond motifs is 1. The van der Waals surface area contributed by atoms with Crippen LogP contribution in [0, 0.1) is 5.41 Å². The van der Waals surface area contributed by atoms with E-state index in [1.54, 1.807) is 0 Å². The van der Waals surface area contributed by atoms with E-state index in [2.05, 4.69) is 48.3 Å². The van der Waals surface area contributed by atoms with Gasteiger partial charge in [0.15, 0.2) is 0 Å². The molecule has 0 aromatic heterocycles. The molecule has 2 aliphatic rings. The molecule has 1 N–H and O–H groups in total. The van der Waals surface area contributed by atoms with Gasteiger partial charge in [0.1, 0.15) is 0 Å². The van der Waals surface area contributed by atoms with Crippen LogP contribution < -0.4 is 5.32 Å². The topological polar surface area (TPSA) is 32.3 Å². The lowest BCUT2D eigenvalue weighted by Gasteiger charge is -2.40. The summed E-state index contributed by atoms with van der Waals surface area (Å²) in [5.74, 6) is 0.294. The number of nitrogens with zero attached hydrogens (tertiary/aromatic N) is 1. The fraction of sp³-hybridized carbons (Fsp3) is 0.611. The largest absolute Gasteiger partial charge is 0.341 e. The third-order valence-electron chi connectivity index (χ3n) is 5.52. The van der Waals surface area contributed by atoms with E-state index < -0.39 is 0 Å². The van der Waals surface area contributed by atoms with Crippen LogP contribution in [0.25, 0.3) is 0 Å². The number of nitrogens with one attached hydrogen (secondary N) is 1. The summed E-state index contributed by atoms with van der Waals surface area (Å²) in [7, 11) is 0. The number of carbonyl (C=O) groups excluding carboxylic acids is 1. The molecule has 114 valence electrons. The zero-order valence-electron chi connectivity index (χ0n) is 13.2. The van der Waals surface area contributed by atoms with Gasteiger partial charge in [-0.3, -0.25) is 4.79 Å². The summed E-state index contributed by atoms with van der Waals surface area (Å²) in [6.45, 7) is 7.26. The second-order valence-corrected chi connectivity index (χ2v) is 6.90. The van der Waals surface area contributed by atoms with Crippen molar-refractivity contribution in [2.24, 2.45) is 5.41 Å². The molecule has 1 atom stereocenters. The summed E-state index contributed by atoms with van der Waals surface area (Å²) in [5, 5.41) is 3.42. The molecule has 1 amide bonds. The van der Waals surface area contributed by atoms with Crippen molar-refractivity contribution in [2.45, 2.75) is 52.1 Å². The van der Waals surface area contributed by atoms with Gasteiger partial charge in [-0.05, 0) is 35.8 Å². The van der Waals surface area contributed by atoms with E-state index in [-0.39, 0.29) is 6.04 Å². The molecule has 1 saturated heterocycles. The maximum absolute atomic E-state index is 12.7. The number of hydrogen-bond acceptors (Lipinski definition) is 2. The van der Waals surface area contributed by atoms with Crippen molar-refractivity contribution in [3.63, 3.8) is 0 Å². The predicted octanol–water partition coefficient (Wildman–Crippen LogP) is 2.74. The molecule has 0 radical (unpaired) electrons. The Labute approximate surface area is 127 Å². The van der Waals surface area contributed by atoms with Crippen LogP contribution in [0.15, 0.2) is 24.3 Å². The second kappa shape index (κ2) is 5.80. The molecule has 21 heavy (non-hydrogen) atoms. The Bertz CT molecular complexity index is 518. The van der Waals surface area contributed by atoms with Crippen molar-refractivity contribution >= 4 is 5.91 Å². The number of benzene rings is 1. The number of carbonyl (C=O) groups is 1. The molecule has 2 heterocycles. The van der Waals surface area contributed by atoms with Crippen LogP contribution in [0.1, 0.15) is 44.2 Å². The van der Waals surface area contributed by atoms with E-state index in [0.717, 1.165) is 38.9 Å². The van der Waals surface area contributed by atoms with Gasteiger partial charge in [0.25, 0.3) is 0 Å². The van der Waals surface area contributed by atoms with Crippen molar-refractivity contribution in [3.05, 3.63) is 35.4 Å². The smallest absolute Gasteiger partial charge is 0.240 e. The summed E-state index contributed by atoms with van der Waals surface area (Å²) in [5.41, 5.74) is 3.09. The minimum Gasteiger partial charge on any atom is -0.341 e. The molecular weight excluding hydrogens is 260 g/mol. The van der Waals surface area contributed by atoms with E-state index in [0.29, 0.717) is 11.3 Å². The zero-order chi connectivity index (χ0) is 14.9. The van der Waals surface area contributed by atoms with Gasteiger partial charge < -0.3 is 10.2 Å². The quantitative estimate of drug-likeness (QED) is 0.906. The van der Waals surface area contributed by atoms with Crippen molar-refractivity contribution in [2.75, 3.05) is 13.1 Å². The predicted molar refractivity (Wildman–Crippen MR) is 85.0 cm³/mol. The normalized spacial score (nSPS) is 24.5. The Morgan fingerprint density at radius 1 is 1.29 bits per heavy atom. The number of hydrogen-bond donors (Lipinski definition) is 1. The molecule has 3 heteroatoms. The zero-order valence-corrected chi connectivity index (χ0v) is 13.2. The van der Waals surface area contributed by atoms with Gasteiger partial charge in [0.05, 0.1) is 6.04 Å². The lowest BCUT2D eigenvalue weighted by atomic mass is 9.78. The van der Waals surface area contributed by atoms with Crippen LogP contribution in [0.2, 0.25) is 0 Å². The highest BCUT2D eigenvalue weighted by Gasteiger charge is 2.33. The molecule has 1 aromatic rings. The number of piperidine rings is 1. The van der Waals surface area contributed by atoms with Gasteiger partial charge in [-0.2, -0.15) is 0 Å². The minimum atomic E-state index is -0.0362. The Kier molecular flexibility index (Phi) is 4.03. The van der Waals surface area contributed by atoms with E-state index in [1.807, 2.05) is 0 Å². The van der Waals surface area contributed by atoms with Gasteiger partial charge in [0, 0.05) is 19.6 Å². The van der Waals surface area contributed by atoms with Crippen molar-refractivity contribution in [3.8, 4) is 0 Å². The molecule has 0 spiro atoms. The van der Waals surface area contributed by atoms with E-state index in [4.69, 9.17) is 0 Å². The molecule has 0 aliphatic carbocycles. The molecule has 2 aliphatic heterocycles. The van der Waals surface area contributed by atoms with Crippen LogP contribution in [0.5, 0.6) is 0 Å². The Balaban J connectivity index is 1.63. The first-order valence-corrected chi connectivity index (χ1v) is 8.20. The fourth-order valence-corrected chi connectivity index (χ4v) is 3.47. The molecule has 0 bridgehead atoms. The average Bonchev–Trinajstić information content (AvgIpc) is 2.54. The van der Waals surface area contributed by atoms with Crippen molar-refractivity contribution < 1.29 is 4.79 Å². The average molecular weight is 286 g/mol. The van der Waals surface area contributed by atoms with E-state index in [9.17, 15) is 4.79 Å². The molecular formula is C18H26N2O. The first-order valence-electron chi connectivity index (χ1n) is 8.20. The summed E-state index contributed by atoms with van der Waals surface area (Å²) in [6.07, 6.45) is 4.32. The van der Waals surface area contributed by atoms with Gasteiger partial charge in [-0.15, -0.1) is 0 Å². The second-order valence-electron chi connectivity index (χ2n) is 6.90. The maximum Gasteiger partial charge on any atom is 0.240 e. The molecule has 1 fully saturated rings. The summed E-state index contributed by atoms with van der Waals surface area (Å²) >= 11 is 0. The van der Waals surface area contributed by atoms with Gasteiger partial charge in [-0.1, -0.05) is 44.5 Å². The van der Waals surface area contributed by atoms with E-state index >= 15 is 0 Å². The summed E-state index contributed by atoms with van der Waals surface area (Å²) in [4.78, 5) is 14.8. The molecule has 3 rings (SSSR count). The van der Waals surface area contributed by atoms with Gasteiger partial charge in [-0.25, -0.2) is 0 Å². The third kappa shape index (κ3) is 2.98. The van der Waals surface area contributed by atoms with Crippen LogP contribution in [-0.2, 0) is 17.8 Å². The fourth-order valence-electron chi connectivity index (χ4n) is 3.47. The highest BCUT2D eigenvalue weighted by Crippen LogP contribution is 2.34. The molecule has 1 aromatic carbocycles. The highest BCUT2D eigenvalue weighted by atomic mass is 16.2. The van der Waals surface area contributed by atoms with Crippen molar-refractivity contribution in [1.82, 2.24) is 10.2 Å². The monoisotopic (exact) mass is 286 g/mol. The maximum atomic E-state index is 12.7. The third-order valence-corrected chi connectivity index (χ3v) is 5.52. The first-order chi connectivity index (χ1) is 10.1. The molecule has 0 saturated carbocycles. The Hall–Kier alpha value is -1.35. The SMILES string of the molecule is CCC1(C)CCN(C(=O)[C@H]2Cc3ccccc3CN2)CC1. The lowest BCUT2D eigenvalue weighted by molar-refractivity contribution is -0.135. The Morgan fingerprint density at radius 3 is 2.62 bits per heavy atom. The van der Waals surface area contributed by atoms with Gasteiger partial charge in [0.2, 0.25) is 5.91 Å². The van der Waals surface area contributed by atoms with Crippen LogP contribution in [-0.4, -0.2) is 29.9 Å². The van der Waals surface area contributed by atoms with Crippen molar-refractivity contribution in [1.29, 1.82) is 0 Å². The lowest BCUT2D eigenvalue weighted by Crippen LogP contribution is -2.52. The highest BCUT2D eigenvalue weighted by molar-refractivity contribution is 5.82. The summed E-state index contributed by atoms with van der Waals surface area (Å²) < 4.78 is 0. The number of rotatable bonds is 2. The molecule has 3 nitrogen and oxygen atoms in total.